The van der Waals surface area contributed by atoms with E-state index in [1.54, 1.807) is 19.5 Å². The lowest BCUT2D eigenvalue weighted by molar-refractivity contribution is -0.122. The highest BCUT2D eigenvalue weighted by Crippen LogP contribution is 2.01. The van der Waals surface area contributed by atoms with Gasteiger partial charge in [0.05, 0.1) is 0 Å². The summed E-state index contributed by atoms with van der Waals surface area (Å²) in [6, 6.07) is 0. The van der Waals surface area contributed by atoms with Gasteiger partial charge in [0.1, 0.15) is 5.82 Å². The van der Waals surface area contributed by atoms with E-state index in [-0.39, 0.29) is 11.8 Å². The van der Waals surface area contributed by atoms with Crippen LogP contribution in [0.4, 0.5) is 0 Å². The summed E-state index contributed by atoms with van der Waals surface area (Å²) in [5.74, 6) is 1.33. The zero-order valence-electron chi connectivity index (χ0n) is 10.5. The summed E-state index contributed by atoms with van der Waals surface area (Å²) in [5, 5.41) is 2.90. The van der Waals surface area contributed by atoms with Crippen LogP contribution in [0.3, 0.4) is 0 Å². The molecule has 0 fully saturated rings. The molecule has 0 spiro atoms. The maximum absolute atomic E-state index is 11.5. The summed E-state index contributed by atoms with van der Waals surface area (Å²) in [7, 11) is 1.65. The molecular formula is C12H21N3O2. The number of H-pyrrole nitrogens is 1. The number of nitrogens with zero attached hydrogens (tertiary/aromatic N) is 1. The van der Waals surface area contributed by atoms with E-state index < -0.39 is 0 Å². The summed E-state index contributed by atoms with van der Waals surface area (Å²) < 4.78 is 4.99. The number of aromatic amines is 1. The molecule has 1 aromatic rings. The van der Waals surface area contributed by atoms with Crippen molar-refractivity contribution in [2.24, 2.45) is 5.92 Å². The maximum atomic E-state index is 11.5. The minimum atomic E-state index is 0.0917. The molecule has 0 radical (unpaired) electrons. The van der Waals surface area contributed by atoms with Gasteiger partial charge in [-0.3, -0.25) is 4.79 Å². The molecule has 17 heavy (non-hydrogen) atoms. The molecule has 0 bridgehead atoms. The third-order valence-electron chi connectivity index (χ3n) is 2.45. The minimum Gasteiger partial charge on any atom is -0.384 e. The summed E-state index contributed by atoms with van der Waals surface area (Å²) in [5.41, 5.74) is 0. The van der Waals surface area contributed by atoms with E-state index in [2.05, 4.69) is 15.3 Å². The third kappa shape index (κ3) is 6.06. The minimum absolute atomic E-state index is 0.0917. The molecule has 1 aromatic heterocycles. The van der Waals surface area contributed by atoms with E-state index in [0.29, 0.717) is 19.6 Å². The molecule has 0 saturated heterocycles. The summed E-state index contributed by atoms with van der Waals surface area (Å²) in [6.07, 6.45) is 5.83. The molecule has 0 aliphatic heterocycles. The second kappa shape index (κ2) is 7.84. The molecule has 1 amide bonds. The summed E-state index contributed by atoms with van der Waals surface area (Å²) >= 11 is 0. The normalized spacial score (nSPS) is 12.4. The van der Waals surface area contributed by atoms with E-state index in [1.807, 2.05) is 6.92 Å². The largest absolute Gasteiger partial charge is 0.384 e. The fourth-order valence-corrected chi connectivity index (χ4v) is 1.65. The first-order valence-corrected chi connectivity index (χ1v) is 5.96. The third-order valence-corrected chi connectivity index (χ3v) is 2.45. The first-order valence-electron chi connectivity index (χ1n) is 5.96. The van der Waals surface area contributed by atoms with E-state index in [1.165, 1.54) is 0 Å². The van der Waals surface area contributed by atoms with Crippen LogP contribution in [0, 0.1) is 5.92 Å². The van der Waals surface area contributed by atoms with Gasteiger partial charge in [-0.05, 0) is 12.3 Å². The van der Waals surface area contributed by atoms with Crippen LogP contribution in [-0.2, 0) is 16.0 Å². The van der Waals surface area contributed by atoms with Gasteiger partial charge in [-0.25, -0.2) is 4.98 Å². The molecule has 96 valence electrons. The molecule has 2 N–H and O–H groups in total. The number of carbonyl (C=O) groups is 1. The Hall–Kier alpha value is -1.36. The number of ether oxygens (including phenoxy) is 1. The van der Waals surface area contributed by atoms with Gasteiger partial charge >= 0.3 is 0 Å². The van der Waals surface area contributed by atoms with Crippen molar-refractivity contribution in [1.29, 1.82) is 0 Å². The Morgan fingerprint density at radius 3 is 3.12 bits per heavy atom. The first kappa shape index (κ1) is 13.7. The van der Waals surface area contributed by atoms with Crippen molar-refractivity contribution in [3.8, 4) is 0 Å². The van der Waals surface area contributed by atoms with Crippen molar-refractivity contribution >= 4 is 5.91 Å². The Kier molecular flexibility index (Phi) is 6.32. The molecule has 0 aliphatic rings. The van der Waals surface area contributed by atoms with Crippen LogP contribution in [0.25, 0.3) is 0 Å². The van der Waals surface area contributed by atoms with E-state index >= 15 is 0 Å². The standard InChI is InChI=1S/C12H21N3O2/c1-10(9-17-2)8-12(16)15-5-3-4-11-13-6-7-14-11/h6-7,10H,3-5,8-9H2,1-2H3,(H,13,14)(H,15,16). The number of amides is 1. The van der Waals surface area contributed by atoms with Crippen LogP contribution in [0.15, 0.2) is 12.4 Å². The van der Waals surface area contributed by atoms with Gasteiger partial charge in [0, 0.05) is 45.5 Å². The molecule has 5 nitrogen and oxygen atoms in total. The lowest BCUT2D eigenvalue weighted by atomic mass is 10.1. The number of hydrogen-bond donors (Lipinski definition) is 2. The van der Waals surface area contributed by atoms with Crippen molar-refractivity contribution in [2.45, 2.75) is 26.2 Å². The molecule has 1 heterocycles. The fourth-order valence-electron chi connectivity index (χ4n) is 1.65. The molecule has 5 heteroatoms. The van der Waals surface area contributed by atoms with Gasteiger partial charge in [0.2, 0.25) is 5.91 Å². The Morgan fingerprint density at radius 2 is 2.47 bits per heavy atom. The van der Waals surface area contributed by atoms with Crippen molar-refractivity contribution < 1.29 is 9.53 Å². The number of rotatable bonds is 8. The van der Waals surface area contributed by atoms with Crippen LogP contribution >= 0.6 is 0 Å². The monoisotopic (exact) mass is 239 g/mol. The lowest BCUT2D eigenvalue weighted by Gasteiger charge is -2.10. The number of aryl methyl sites for hydroxylation is 1. The van der Waals surface area contributed by atoms with Crippen molar-refractivity contribution in [2.75, 3.05) is 20.3 Å². The predicted octanol–water partition coefficient (Wildman–Crippen LogP) is 1.13. The van der Waals surface area contributed by atoms with E-state index in [4.69, 9.17) is 4.74 Å². The molecule has 1 atom stereocenters. The smallest absolute Gasteiger partial charge is 0.220 e. The quantitative estimate of drug-likeness (QED) is 0.668. The Labute approximate surface area is 102 Å². The molecule has 0 aromatic carbocycles. The lowest BCUT2D eigenvalue weighted by Crippen LogP contribution is -2.27. The highest BCUT2D eigenvalue weighted by molar-refractivity contribution is 5.76. The second-order valence-electron chi connectivity index (χ2n) is 4.25. The summed E-state index contributed by atoms with van der Waals surface area (Å²) in [4.78, 5) is 18.7. The average Bonchev–Trinajstić information content (AvgIpc) is 2.77. The highest BCUT2D eigenvalue weighted by Gasteiger charge is 2.07. The zero-order chi connectivity index (χ0) is 12.5. The van der Waals surface area contributed by atoms with E-state index in [0.717, 1.165) is 18.7 Å². The molecule has 0 aliphatic carbocycles. The fraction of sp³-hybridized carbons (Fsp3) is 0.667. The van der Waals surface area contributed by atoms with Crippen LogP contribution in [0.2, 0.25) is 0 Å². The Bertz CT molecular complexity index is 312. The number of hydrogen-bond acceptors (Lipinski definition) is 3. The van der Waals surface area contributed by atoms with Crippen molar-refractivity contribution in [1.82, 2.24) is 15.3 Å². The van der Waals surface area contributed by atoms with Gasteiger partial charge in [-0.15, -0.1) is 0 Å². The Morgan fingerprint density at radius 1 is 1.65 bits per heavy atom. The van der Waals surface area contributed by atoms with Gasteiger partial charge in [0.25, 0.3) is 0 Å². The SMILES string of the molecule is COCC(C)CC(=O)NCCCc1ncc[nH]1. The average molecular weight is 239 g/mol. The second-order valence-corrected chi connectivity index (χ2v) is 4.25. The summed E-state index contributed by atoms with van der Waals surface area (Å²) in [6.45, 7) is 3.32. The van der Waals surface area contributed by atoms with Crippen LogP contribution < -0.4 is 5.32 Å². The number of imidazole rings is 1. The molecule has 1 unspecified atom stereocenters. The first-order chi connectivity index (χ1) is 8.22. The molecular weight excluding hydrogens is 218 g/mol. The van der Waals surface area contributed by atoms with E-state index in [9.17, 15) is 4.79 Å². The van der Waals surface area contributed by atoms with Gasteiger partial charge in [0.15, 0.2) is 0 Å². The number of carbonyl (C=O) groups excluding carboxylic acids is 1. The predicted molar refractivity (Wildman–Crippen MR) is 65.6 cm³/mol. The Balaban J connectivity index is 2.04. The van der Waals surface area contributed by atoms with Crippen LogP contribution in [-0.4, -0.2) is 36.1 Å². The molecule has 0 saturated carbocycles. The van der Waals surface area contributed by atoms with Crippen LogP contribution in [0.5, 0.6) is 0 Å². The topological polar surface area (TPSA) is 67.0 Å². The van der Waals surface area contributed by atoms with Crippen LogP contribution in [0.1, 0.15) is 25.6 Å². The van der Waals surface area contributed by atoms with Gasteiger partial charge in [-0.1, -0.05) is 6.92 Å². The highest BCUT2D eigenvalue weighted by atomic mass is 16.5. The molecule has 1 rings (SSSR count). The van der Waals surface area contributed by atoms with Gasteiger partial charge < -0.3 is 15.0 Å². The van der Waals surface area contributed by atoms with Gasteiger partial charge in [-0.2, -0.15) is 0 Å². The number of nitrogens with one attached hydrogen (secondary N) is 2. The number of methoxy groups -OCH3 is 1. The number of aromatic nitrogens is 2. The van der Waals surface area contributed by atoms with Crippen molar-refractivity contribution in [3.63, 3.8) is 0 Å². The maximum Gasteiger partial charge on any atom is 0.220 e. The zero-order valence-corrected chi connectivity index (χ0v) is 10.5. The van der Waals surface area contributed by atoms with Crippen molar-refractivity contribution in [3.05, 3.63) is 18.2 Å².